The van der Waals surface area contributed by atoms with Crippen LogP contribution in [0.3, 0.4) is 0 Å². The zero-order valence-corrected chi connectivity index (χ0v) is 20.7. The minimum Gasteiger partial charge on any atom is -0.417 e. The second kappa shape index (κ2) is 9.30. The van der Waals surface area contributed by atoms with Gasteiger partial charge < -0.3 is 14.2 Å². The Morgan fingerprint density at radius 1 is 0.886 bits per heavy atom. The molecule has 0 fully saturated rings. The van der Waals surface area contributed by atoms with Crippen molar-refractivity contribution in [3.05, 3.63) is 60.0 Å². The minimum atomic E-state index is -4.78. The van der Waals surface area contributed by atoms with Crippen LogP contribution < -0.4 is 5.32 Å². The van der Waals surface area contributed by atoms with E-state index in [2.05, 4.69) is 15.5 Å². The maximum atomic E-state index is 13.9. The molecule has 1 aromatic heterocycles. The molecular weight excluding hydrogens is 492 g/mol. The van der Waals surface area contributed by atoms with Gasteiger partial charge in [-0.2, -0.15) is 26.3 Å². The van der Waals surface area contributed by atoms with Crippen molar-refractivity contribution in [2.45, 2.75) is 57.4 Å². The number of halogens is 6. The van der Waals surface area contributed by atoms with E-state index in [-0.39, 0.29) is 11.5 Å². The molecule has 1 N–H and O–H groups in total. The van der Waals surface area contributed by atoms with Crippen molar-refractivity contribution in [2.24, 2.45) is 0 Å². The van der Waals surface area contributed by atoms with Crippen LogP contribution in [0.5, 0.6) is 0 Å². The van der Waals surface area contributed by atoms with Gasteiger partial charge >= 0.3 is 12.4 Å². The predicted molar refractivity (Wildman–Crippen MR) is 122 cm³/mol. The maximum Gasteiger partial charge on any atom is 0.422 e. The topological polar surface area (TPSA) is 60.2 Å². The molecule has 5 nitrogen and oxygen atoms in total. The molecule has 0 spiro atoms. The van der Waals surface area contributed by atoms with Crippen LogP contribution in [0.15, 0.2) is 52.9 Å². The van der Waals surface area contributed by atoms with E-state index in [0.717, 1.165) is 12.1 Å². The van der Waals surface area contributed by atoms with E-state index in [4.69, 9.17) is 8.84 Å². The zero-order valence-electron chi connectivity index (χ0n) is 19.7. The smallest absolute Gasteiger partial charge is 0.417 e. The number of aromatic nitrogens is 2. The van der Waals surface area contributed by atoms with Crippen molar-refractivity contribution in [1.29, 1.82) is 0 Å². The molecule has 0 aliphatic carbocycles. The van der Waals surface area contributed by atoms with Crippen LogP contribution >= 0.6 is 0 Å². The van der Waals surface area contributed by atoms with Gasteiger partial charge in [0.15, 0.2) is 8.32 Å². The van der Waals surface area contributed by atoms with Gasteiger partial charge in [-0.25, -0.2) is 0 Å². The molecule has 1 unspecified atom stereocenters. The Hall–Kier alpha value is -2.86. The summed E-state index contributed by atoms with van der Waals surface area (Å²) in [7, 11) is -2.85. The highest BCUT2D eigenvalue weighted by molar-refractivity contribution is 6.74. The highest BCUT2D eigenvalue weighted by Gasteiger charge is 2.51. The lowest BCUT2D eigenvalue weighted by atomic mass is 10.1. The Balaban J connectivity index is 1.92. The molecule has 0 saturated carbocycles. The van der Waals surface area contributed by atoms with E-state index in [1.54, 1.807) is 37.4 Å². The molecule has 0 bridgehead atoms. The summed E-state index contributed by atoms with van der Waals surface area (Å²) < 4.78 is 91.1. The number of nitrogens with zero attached hydrogens (tertiary/aromatic N) is 2. The van der Waals surface area contributed by atoms with E-state index >= 15 is 0 Å². The quantitative estimate of drug-likeness (QED) is 0.264. The lowest BCUT2D eigenvalue weighted by Gasteiger charge is -2.38. The highest BCUT2D eigenvalue weighted by Crippen LogP contribution is 2.45. The van der Waals surface area contributed by atoms with Crippen molar-refractivity contribution in [3.8, 4) is 11.5 Å². The van der Waals surface area contributed by atoms with Crippen LogP contribution in [0.25, 0.3) is 11.5 Å². The van der Waals surface area contributed by atoms with Crippen LogP contribution in [0, 0.1) is 0 Å². The molecule has 0 amide bonds. The highest BCUT2D eigenvalue weighted by atomic mass is 28.4. The first-order valence-electron chi connectivity index (χ1n) is 10.6. The van der Waals surface area contributed by atoms with Gasteiger partial charge in [0.1, 0.15) is 0 Å². The van der Waals surface area contributed by atoms with Crippen molar-refractivity contribution >= 4 is 19.7 Å². The molecule has 190 valence electrons. The summed E-state index contributed by atoms with van der Waals surface area (Å²) in [6.45, 7) is 8.82. The van der Waals surface area contributed by atoms with Gasteiger partial charge in [-0.3, -0.25) is 0 Å². The van der Waals surface area contributed by atoms with Gasteiger partial charge in [-0.15, -0.1) is 10.2 Å². The molecule has 0 saturated heterocycles. The van der Waals surface area contributed by atoms with Gasteiger partial charge in [0.25, 0.3) is 5.89 Å². The summed E-state index contributed by atoms with van der Waals surface area (Å²) in [6.07, 6.45) is -11.6. The molecule has 1 heterocycles. The van der Waals surface area contributed by atoms with Crippen molar-refractivity contribution in [3.63, 3.8) is 0 Å². The largest absolute Gasteiger partial charge is 0.422 e. The van der Waals surface area contributed by atoms with E-state index in [9.17, 15) is 26.3 Å². The summed E-state index contributed by atoms with van der Waals surface area (Å²) >= 11 is 0. The van der Waals surface area contributed by atoms with Crippen molar-refractivity contribution in [1.82, 2.24) is 10.2 Å². The Bertz CT molecular complexity index is 1150. The lowest BCUT2D eigenvalue weighted by molar-refractivity contribution is -0.207. The normalized spacial score (nSPS) is 14.1. The number of anilines is 2. The van der Waals surface area contributed by atoms with Gasteiger partial charge in [0, 0.05) is 5.69 Å². The molecule has 12 heteroatoms. The monoisotopic (exact) mass is 517 g/mol. The first-order valence-corrected chi connectivity index (χ1v) is 13.5. The molecule has 3 rings (SSSR count). The Labute approximate surface area is 199 Å². The van der Waals surface area contributed by atoms with Gasteiger partial charge in [-0.1, -0.05) is 32.9 Å². The van der Waals surface area contributed by atoms with E-state index in [1.165, 1.54) is 12.1 Å². The Kier molecular flexibility index (Phi) is 7.11. The fourth-order valence-corrected chi connectivity index (χ4v) is 4.03. The average molecular weight is 518 g/mol. The van der Waals surface area contributed by atoms with Gasteiger partial charge in [-0.05, 0) is 54.5 Å². The Morgan fingerprint density at radius 2 is 1.49 bits per heavy atom. The summed E-state index contributed by atoms with van der Waals surface area (Å²) in [6, 6.07) is 10.7. The fourth-order valence-electron chi connectivity index (χ4n) is 2.85. The van der Waals surface area contributed by atoms with Crippen LogP contribution in [-0.2, 0) is 10.6 Å². The van der Waals surface area contributed by atoms with Gasteiger partial charge in [0.05, 0.1) is 16.8 Å². The summed E-state index contributed by atoms with van der Waals surface area (Å²) in [5.74, 6) is -0.912. The summed E-state index contributed by atoms with van der Waals surface area (Å²) in [5, 5.41) is 9.86. The lowest BCUT2D eigenvalue weighted by Crippen LogP contribution is -2.44. The maximum absolute atomic E-state index is 13.9. The predicted octanol–water partition coefficient (Wildman–Crippen LogP) is 8.12. The number of benzene rings is 2. The van der Waals surface area contributed by atoms with E-state index < -0.39 is 43.3 Å². The SMILES string of the molecule is CC(C)(C)[Si](C)(C)OC(c1nnc(-c2ccccc2Nc2ccc(C(F)(F)F)cc2)o1)C(F)(F)F. The van der Waals surface area contributed by atoms with E-state index in [1.807, 2.05) is 20.8 Å². The number of alkyl halides is 6. The van der Waals surface area contributed by atoms with Crippen LogP contribution in [0.4, 0.5) is 37.7 Å². The molecule has 0 aliphatic heterocycles. The fraction of sp³-hybridized carbons (Fsp3) is 0.391. The number of hydrogen-bond acceptors (Lipinski definition) is 5. The number of para-hydroxylation sites is 1. The van der Waals surface area contributed by atoms with Crippen LogP contribution in [0.2, 0.25) is 18.1 Å². The summed E-state index contributed by atoms with van der Waals surface area (Å²) in [4.78, 5) is 0. The Morgan fingerprint density at radius 3 is 2.03 bits per heavy atom. The third-order valence-corrected chi connectivity index (χ3v) is 10.3. The van der Waals surface area contributed by atoms with Crippen molar-refractivity contribution in [2.75, 3.05) is 5.32 Å². The summed E-state index contributed by atoms with van der Waals surface area (Å²) in [5.41, 5.74) is 0.160. The number of rotatable bonds is 6. The molecule has 0 radical (unpaired) electrons. The first kappa shape index (κ1) is 26.7. The third-order valence-electron chi connectivity index (χ3n) is 5.83. The minimum absolute atomic E-state index is 0.192. The number of hydrogen-bond donors (Lipinski definition) is 1. The molecular formula is C23H25F6N3O2Si. The first-order chi connectivity index (χ1) is 16.0. The molecule has 35 heavy (non-hydrogen) atoms. The standard InChI is InChI=1S/C23H25F6N3O2Si/c1-21(2,3)35(4,5)34-18(23(27,28)29)20-32-31-19(33-20)16-8-6-7-9-17(16)30-15-12-10-14(11-13-15)22(24,25)26/h6-13,18,30H,1-5H3. The zero-order chi connectivity index (χ0) is 26.2. The van der Waals surface area contributed by atoms with Gasteiger partial charge in [0.2, 0.25) is 12.0 Å². The second-order valence-electron chi connectivity index (χ2n) is 9.49. The van der Waals surface area contributed by atoms with Crippen LogP contribution in [0.1, 0.15) is 38.3 Å². The van der Waals surface area contributed by atoms with Crippen molar-refractivity contribution < 1.29 is 35.2 Å². The average Bonchev–Trinajstić information content (AvgIpc) is 3.20. The molecule has 3 aromatic rings. The molecule has 0 aliphatic rings. The van der Waals surface area contributed by atoms with E-state index in [0.29, 0.717) is 11.4 Å². The van der Waals surface area contributed by atoms with Crippen LogP contribution in [-0.4, -0.2) is 24.7 Å². The molecule has 1 atom stereocenters. The number of nitrogens with one attached hydrogen (secondary N) is 1. The second-order valence-corrected chi connectivity index (χ2v) is 14.2. The third kappa shape index (κ3) is 6.23. The molecule has 2 aromatic carbocycles.